The van der Waals surface area contributed by atoms with Gasteiger partial charge in [0.05, 0.1) is 5.56 Å². The molecule has 162 valence electrons. The molecule has 2 heterocycles. The van der Waals surface area contributed by atoms with Gasteiger partial charge in [0.15, 0.2) is 0 Å². The van der Waals surface area contributed by atoms with Crippen LogP contribution in [0.15, 0.2) is 33.7 Å². The van der Waals surface area contributed by atoms with Crippen molar-refractivity contribution in [2.24, 2.45) is 10.7 Å². The molecule has 2 aromatic rings. The number of benzene rings is 1. The van der Waals surface area contributed by atoms with Crippen molar-refractivity contribution in [3.63, 3.8) is 0 Å². The van der Waals surface area contributed by atoms with Crippen molar-refractivity contribution in [2.45, 2.75) is 19.5 Å². The normalized spacial score (nSPS) is 16.5. The Kier molecular flexibility index (Phi) is 6.81. The van der Waals surface area contributed by atoms with Crippen molar-refractivity contribution in [1.29, 1.82) is 0 Å². The first-order valence-corrected chi connectivity index (χ1v) is 10.2. The highest BCUT2D eigenvalue weighted by molar-refractivity contribution is 9.10. The van der Waals surface area contributed by atoms with E-state index in [1.165, 1.54) is 12.1 Å². The Morgan fingerprint density at radius 2 is 1.93 bits per heavy atom. The minimum atomic E-state index is -4.49. The Morgan fingerprint density at radius 1 is 1.17 bits per heavy atom. The Balaban J connectivity index is 1.80. The molecule has 0 aliphatic carbocycles. The van der Waals surface area contributed by atoms with Crippen LogP contribution in [0.4, 0.5) is 30.6 Å². The summed E-state index contributed by atoms with van der Waals surface area (Å²) in [6.07, 6.45) is -3.47. The molecule has 1 aromatic carbocycles. The van der Waals surface area contributed by atoms with E-state index in [2.05, 4.69) is 53.1 Å². The number of anilines is 2. The second-order valence-corrected chi connectivity index (χ2v) is 7.98. The van der Waals surface area contributed by atoms with Crippen LogP contribution in [-0.4, -0.2) is 54.1 Å². The summed E-state index contributed by atoms with van der Waals surface area (Å²) in [6.45, 7) is 5.49. The molecule has 0 amide bonds. The molecule has 3 N–H and O–H groups in total. The zero-order valence-electron chi connectivity index (χ0n) is 16.7. The second kappa shape index (κ2) is 9.17. The summed E-state index contributed by atoms with van der Waals surface area (Å²) >= 11 is 2.91. The lowest BCUT2D eigenvalue weighted by Crippen LogP contribution is -2.29. The lowest BCUT2D eigenvalue weighted by Gasteiger charge is -2.22. The van der Waals surface area contributed by atoms with E-state index in [1.807, 2.05) is 13.0 Å². The number of alkyl halides is 3. The fourth-order valence-electron chi connectivity index (χ4n) is 3.13. The number of aryl methyl sites for hydroxylation is 1. The van der Waals surface area contributed by atoms with Gasteiger partial charge in [-0.15, -0.1) is 0 Å². The van der Waals surface area contributed by atoms with Gasteiger partial charge in [0.2, 0.25) is 5.96 Å². The number of halogens is 4. The molecule has 3 rings (SSSR count). The number of hydrogen-bond donors (Lipinski definition) is 2. The number of guanidine groups is 1. The number of likely N-dealkylation sites (N-methyl/N-ethyl adjacent to an activating group) is 1. The van der Waals surface area contributed by atoms with Crippen LogP contribution in [0.25, 0.3) is 0 Å². The van der Waals surface area contributed by atoms with Crippen molar-refractivity contribution in [2.75, 3.05) is 43.4 Å². The summed E-state index contributed by atoms with van der Waals surface area (Å²) in [5, 5.41) is 2.67. The summed E-state index contributed by atoms with van der Waals surface area (Å²) in [5.41, 5.74) is 5.99. The first-order valence-electron chi connectivity index (χ1n) is 9.39. The fraction of sp³-hybridized carbons (Fsp3) is 0.421. The Morgan fingerprint density at radius 3 is 2.67 bits per heavy atom. The number of rotatable bonds is 3. The molecule has 0 radical (unpaired) electrons. The topological polar surface area (TPSA) is 82.7 Å². The van der Waals surface area contributed by atoms with Crippen LogP contribution in [-0.2, 0) is 6.18 Å². The first kappa shape index (κ1) is 22.3. The number of aromatic nitrogens is 2. The fourth-order valence-corrected chi connectivity index (χ4v) is 3.60. The summed E-state index contributed by atoms with van der Waals surface area (Å²) in [4.78, 5) is 17.3. The molecular formula is C19H23BrF3N7. The molecule has 0 spiro atoms. The summed E-state index contributed by atoms with van der Waals surface area (Å²) in [7, 11) is 2.09. The molecule has 7 nitrogen and oxygen atoms in total. The lowest BCUT2D eigenvalue weighted by molar-refractivity contribution is -0.138. The molecule has 0 atom stereocenters. The third-order valence-corrected chi connectivity index (χ3v) is 5.33. The number of nitrogens with two attached hydrogens (primary N) is 1. The zero-order chi connectivity index (χ0) is 21.9. The van der Waals surface area contributed by atoms with Crippen molar-refractivity contribution >= 4 is 39.3 Å². The predicted molar refractivity (Wildman–Crippen MR) is 115 cm³/mol. The van der Waals surface area contributed by atoms with Gasteiger partial charge >= 0.3 is 6.18 Å². The van der Waals surface area contributed by atoms with Gasteiger partial charge in [0.25, 0.3) is 5.95 Å². The smallest absolute Gasteiger partial charge is 0.369 e. The molecule has 0 bridgehead atoms. The molecule has 1 aromatic heterocycles. The molecule has 1 aliphatic rings. The van der Waals surface area contributed by atoms with Crippen LogP contribution in [0.3, 0.4) is 0 Å². The Hall–Kier alpha value is -2.40. The molecule has 1 aliphatic heterocycles. The van der Waals surface area contributed by atoms with Crippen LogP contribution in [0, 0.1) is 6.92 Å². The maximum Gasteiger partial charge on any atom is 0.417 e. The summed E-state index contributed by atoms with van der Waals surface area (Å²) < 4.78 is 39.2. The minimum absolute atomic E-state index is 0.0502. The molecule has 30 heavy (non-hydrogen) atoms. The van der Waals surface area contributed by atoms with Gasteiger partial charge in [-0.05, 0) is 45.1 Å². The van der Waals surface area contributed by atoms with Crippen molar-refractivity contribution in [1.82, 2.24) is 14.9 Å². The lowest BCUT2D eigenvalue weighted by atomic mass is 10.2. The largest absolute Gasteiger partial charge is 0.417 e. The van der Waals surface area contributed by atoms with Crippen LogP contribution in [0.2, 0.25) is 0 Å². The monoisotopic (exact) mass is 485 g/mol. The van der Waals surface area contributed by atoms with E-state index in [-0.39, 0.29) is 22.1 Å². The van der Waals surface area contributed by atoms with Crippen molar-refractivity contribution in [3.8, 4) is 0 Å². The first-order chi connectivity index (χ1) is 14.1. The van der Waals surface area contributed by atoms with Crippen LogP contribution in [0.1, 0.15) is 17.7 Å². The molecule has 11 heteroatoms. The van der Waals surface area contributed by atoms with Crippen molar-refractivity contribution < 1.29 is 13.2 Å². The number of hydrogen-bond acceptors (Lipinski definition) is 5. The van der Waals surface area contributed by atoms with E-state index in [0.29, 0.717) is 0 Å². The maximum atomic E-state index is 13.1. The van der Waals surface area contributed by atoms with Gasteiger partial charge in [0.1, 0.15) is 5.82 Å². The Bertz CT molecular complexity index is 933. The van der Waals surface area contributed by atoms with E-state index in [0.717, 1.165) is 50.2 Å². The minimum Gasteiger partial charge on any atom is -0.369 e. The highest BCUT2D eigenvalue weighted by atomic mass is 79.9. The van der Waals surface area contributed by atoms with Gasteiger partial charge in [-0.25, -0.2) is 4.98 Å². The van der Waals surface area contributed by atoms with Gasteiger partial charge < -0.3 is 20.9 Å². The average Bonchev–Trinajstić information content (AvgIpc) is 2.86. The molecule has 0 saturated carbocycles. The van der Waals surface area contributed by atoms with E-state index in [1.54, 1.807) is 0 Å². The van der Waals surface area contributed by atoms with Gasteiger partial charge in [-0.1, -0.05) is 15.9 Å². The van der Waals surface area contributed by atoms with Gasteiger partial charge in [0, 0.05) is 41.6 Å². The molecule has 0 unspecified atom stereocenters. The predicted octanol–water partition coefficient (Wildman–Crippen LogP) is 3.77. The van der Waals surface area contributed by atoms with E-state index < -0.39 is 11.7 Å². The van der Waals surface area contributed by atoms with Gasteiger partial charge in [-0.3, -0.25) is 0 Å². The van der Waals surface area contributed by atoms with Crippen LogP contribution < -0.4 is 16.0 Å². The van der Waals surface area contributed by atoms with E-state index >= 15 is 0 Å². The highest BCUT2D eigenvalue weighted by Crippen LogP contribution is 2.36. The summed E-state index contributed by atoms with van der Waals surface area (Å²) in [6, 6.07) is 5.62. The number of nitrogens with one attached hydrogen (secondary N) is 1. The molecule has 1 fully saturated rings. The molecular weight excluding hydrogens is 463 g/mol. The molecule has 1 saturated heterocycles. The SMILES string of the molecule is Cc1cc(N2CCCN(C)CC2)nc(/N=C(\N)Nc2ccc(Br)c(C(F)(F)F)c2)n1. The van der Waals surface area contributed by atoms with Gasteiger partial charge in [-0.2, -0.15) is 23.1 Å². The number of nitrogens with zero attached hydrogens (tertiary/aromatic N) is 5. The van der Waals surface area contributed by atoms with Crippen LogP contribution in [0.5, 0.6) is 0 Å². The number of aliphatic imine (C=N–C) groups is 1. The van der Waals surface area contributed by atoms with E-state index in [4.69, 9.17) is 5.73 Å². The standard InChI is InChI=1S/C19H23BrF3N7/c1-12-10-16(30-7-3-6-29(2)8-9-30)27-18(25-12)28-17(24)26-13-4-5-15(20)14(11-13)19(21,22)23/h4-5,10-11H,3,6-9H2,1-2H3,(H3,24,25,26,27,28). The van der Waals surface area contributed by atoms with Crippen molar-refractivity contribution in [3.05, 3.63) is 40.0 Å². The van der Waals surface area contributed by atoms with E-state index in [9.17, 15) is 13.2 Å². The maximum absolute atomic E-state index is 13.1. The average molecular weight is 486 g/mol. The third-order valence-electron chi connectivity index (χ3n) is 4.64. The Labute approximate surface area is 181 Å². The highest BCUT2D eigenvalue weighted by Gasteiger charge is 2.33. The second-order valence-electron chi connectivity index (χ2n) is 7.13. The summed E-state index contributed by atoms with van der Waals surface area (Å²) in [5.74, 6) is 0.811. The van der Waals surface area contributed by atoms with Crippen LogP contribution >= 0.6 is 15.9 Å². The quantitative estimate of drug-likeness (QED) is 0.508. The zero-order valence-corrected chi connectivity index (χ0v) is 18.3. The third kappa shape index (κ3) is 5.82.